The summed E-state index contributed by atoms with van der Waals surface area (Å²) in [7, 11) is 0. The minimum Gasteiger partial charge on any atom is -0.375 e. The topological polar surface area (TPSA) is 34.1 Å². The van der Waals surface area contributed by atoms with E-state index in [-0.39, 0.29) is 17.6 Å². The van der Waals surface area contributed by atoms with Crippen LogP contribution >= 0.6 is 11.3 Å². The summed E-state index contributed by atoms with van der Waals surface area (Å²) in [6, 6.07) is 7.09. The smallest absolute Gasteiger partial charge is 0.115 e. The van der Waals surface area contributed by atoms with Crippen LogP contribution in [0.25, 0.3) is 0 Å². The van der Waals surface area contributed by atoms with E-state index in [1.54, 1.807) is 11.3 Å². The first-order valence-corrected chi connectivity index (χ1v) is 9.34. The summed E-state index contributed by atoms with van der Waals surface area (Å²) in [6.45, 7) is 7.67. The Morgan fingerprint density at radius 2 is 2.17 bits per heavy atom. The van der Waals surface area contributed by atoms with Gasteiger partial charge in [-0.15, -0.1) is 11.3 Å². The van der Waals surface area contributed by atoms with Gasteiger partial charge in [0.15, 0.2) is 0 Å². The van der Waals surface area contributed by atoms with Crippen molar-refractivity contribution in [2.24, 2.45) is 5.92 Å². The summed E-state index contributed by atoms with van der Waals surface area (Å²) in [4.78, 5) is 4.56. The predicted molar refractivity (Wildman–Crippen MR) is 95.0 cm³/mol. The largest absolute Gasteiger partial charge is 0.375 e. The Labute approximate surface area is 142 Å². The molecule has 1 fully saturated rings. The second-order valence-electron chi connectivity index (χ2n) is 7.64. The molecule has 0 unspecified atom stereocenters. The van der Waals surface area contributed by atoms with Crippen molar-refractivity contribution in [1.29, 1.82) is 0 Å². The molecule has 3 heterocycles. The average Bonchev–Trinajstić information content (AvgIpc) is 3.07. The van der Waals surface area contributed by atoms with Gasteiger partial charge in [0.25, 0.3) is 0 Å². The van der Waals surface area contributed by atoms with E-state index in [9.17, 15) is 0 Å². The molecule has 3 nitrogen and oxygen atoms in total. The molecule has 1 aromatic carbocycles. The SMILES string of the molecule is CC(C)(C)c1ccc2c(c1)[C@H]1OCCC[C@H]1[C@H](c1nccs1)N2. The van der Waals surface area contributed by atoms with Crippen molar-refractivity contribution in [3.8, 4) is 0 Å². The summed E-state index contributed by atoms with van der Waals surface area (Å²) in [5.74, 6) is 0.470. The molecule has 0 radical (unpaired) electrons. The molecule has 23 heavy (non-hydrogen) atoms. The van der Waals surface area contributed by atoms with E-state index >= 15 is 0 Å². The van der Waals surface area contributed by atoms with E-state index in [4.69, 9.17) is 4.74 Å². The number of nitrogens with one attached hydrogen (secondary N) is 1. The van der Waals surface area contributed by atoms with Gasteiger partial charge in [0, 0.05) is 35.4 Å². The zero-order chi connectivity index (χ0) is 16.0. The van der Waals surface area contributed by atoms with Crippen LogP contribution in [0.1, 0.15) is 61.9 Å². The van der Waals surface area contributed by atoms with Crippen molar-refractivity contribution in [3.63, 3.8) is 0 Å². The van der Waals surface area contributed by atoms with Gasteiger partial charge in [0.2, 0.25) is 0 Å². The first kappa shape index (κ1) is 15.2. The normalized spacial score (nSPS) is 27.0. The van der Waals surface area contributed by atoms with Gasteiger partial charge in [-0.3, -0.25) is 0 Å². The van der Waals surface area contributed by atoms with Crippen LogP contribution in [0, 0.1) is 5.92 Å². The van der Waals surface area contributed by atoms with E-state index in [0.29, 0.717) is 5.92 Å². The van der Waals surface area contributed by atoms with Crippen LogP contribution in [0.5, 0.6) is 0 Å². The molecular formula is C19H24N2OS. The molecule has 1 N–H and O–H groups in total. The quantitative estimate of drug-likeness (QED) is 0.793. The van der Waals surface area contributed by atoms with Gasteiger partial charge in [-0.25, -0.2) is 4.98 Å². The van der Waals surface area contributed by atoms with Gasteiger partial charge in [-0.1, -0.05) is 32.9 Å². The molecule has 4 rings (SSSR count). The number of aromatic nitrogens is 1. The van der Waals surface area contributed by atoms with Gasteiger partial charge < -0.3 is 10.1 Å². The molecule has 1 saturated heterocycles. The van der Waals surface area contributed by atoms with Crippen molar-refractivity contribution in [3.05, 3.63) is 45.9 Å². The van der Waals surface area contributed by atoms with E-state index in [1.165, 1.54) is 28.2 Å². The maximum atomic E-state index is 6.24. The molecule has 2 aromatic rings. The second kappa shape index (κ2) is 5.60. The molecule has 0 saturated carbocycles. The standard InChI is InChI=1S/C19H24N2OS/c1-19(2,3)12-6-7-15-14(11-12)17-13(5-4-9-22-17)16(21-15)18-20-8-10-23-18/h6-8,10-11,13,16-17,21H,4-5,9H2,1-3H3/t13-,16+,17-/m0/s1. The molecule has 0 aliphatic carbocycles. The minimum atomic E-state index is 0.158. The number of thiazole rings is 1. The number of nitrogens with zero attached hydrogens (tertiary/aromatic N) is 1. The third-order valence-corrected chi connectivity index (χ3v) is 5.91. The molecule has 0 bridgehead atoms. The van der Waals surface area contributed by atoms with Gasteiger partial charge in [0.1, 0.15) is 5.01 Å². The van der Waals surface area contributed by atoms with E-state index in [1.807, 2.05) is 6.20 Å². The fourth-order valence-corrected chi connectivity index (χ4v) is 4.53. The highest BCUT2D eigenvalue weighted by Gasteiger charge is 2.41. The molecule has 4 heteroatoms. The lowest BCUT2D eigenvalue weighted by atomic mass is 9.77. The lowest BCUT2D eigenvalue weighted by molar-refractivity contribution is -0.0382. The predicted octanol–water partition coefficient (Wildman–Crippen LogP) is 5.08. The van der Waals surface area contributed by atoms with Crippen LogP contribution < -0.4 is 5.32 Å². The number of ether oxygens (including phenoxy) is 1. The third kappa shape index (κ3) is 2.68. The van der Waals surface area contributed by atoms with Crippen molar-refractivity contribution in [1.82, 2.24) is 4.98 Å². The van der Waals surface area contributed by atoms with Crippen molar-refractivity contribution in [2.45, 2.75) is 51.2 Å². The van der Waals surface area contributed by atoms with E-state index in [0.717, 1.165) is 13.0 Å². The van der Waals surface area contributed by atoms with Crippen LogP contribution in [0.3, 0.4) is 0 Å². The summed E-state index contributed by atoms with van der Waals surface area (Å²) in [5.41, 5.74) is 4.07. The highest BCUT2D eigenvalue weighted by molar-refractivity contribution is 7.09. The number of benzene rings is 1. The number of rotatable bonds is 1. The molecule has 0 amide bonds. The fraction of sp³-hybridized carbons (Fsp3) is 0.526. The van der Waals surface area contributed by atoms with Gasteiger partial charge in [-0.2, -0.15) is 0 Å². The molecule has 0 spiro atoms. The maximum Gasteiger partial charge on any atom is 0.115 e. The number of fused-ring (bicyclic) bond motifs is 3. The lowest BCUT2D eigenvalue weighted by Crippen LogP contribution is -2.36. The van der Waals surface area contributed by atoms with Gasteiger partial charge >= 0.3 is 0 Å². The summed E-state index contributed by atoms with van der Waals surface area (Å²) in [5, 5.41) is 6.99. The zero-order valence-electron chi connectivity index (χ0n) is 14.0. The first-order valence-electron chi connectivity index (χ1n) is 8.46. The van der Waals surface area contributed by atoms with E-state index in [2.05, 4.69) is 54.7 Å². The summed E-state index contributed by atoms with van der Waals surface area (Å²) >= 11 is 1.74. The Morgan fingerprint density at radius 1 is 1.30 bits per heavy atom. The minimum absolute atomic E-state index is 0.158. The molecular weight excluding hydrogens is 304 g/mol. The van der Waals surface area contributed by atoms with Crippen molar-refractivity contribution in [2.75, 3.05) is 11.9 Å². The molecule has 2 aliphatic heterocycles. The van der Waals surface area contributed by atoms with Crippen LogP contribution in [0.15, 0.2) is 29.8 Å². The third-order valence-electron chi connectivity index (χ3n) is 5.05. The van der Waals surface area contributed by atoms with Crippen LogP contribution in [-0.2, 0) is 10.2 Å². The van der Waals surface area contributed by atoms with Crippen molar-refractivity contribution >= 4 is 17.0 Å². The Kier molecular flexibility index (Phi) is 3.69. The van der Waals surface area contributed by atoms with Crippen LogP contribution in [-0.4, -0.2) is 11.6 Å². The Morgan fingerprint density at radius 3 is 2.91 bits per heavy atom. The van der Waals surface area contributed by atoms with E-state index < -0.39 is 0 Å². The maximum absolute atomic E-state index is 6.24. The van der Waals surface area contributed by atoms with Crippen molar-refractivity contribution < 1.29 is 4.74 Å². The Hall–Kier alpha value is -1.39. The van der Waals surface area contributed by atoms with Gasteiger partial charge in [-0.05, 0) is 29.9 Å². The second-order valence-corrected chi connectivity index (χ2v) is 8.57. The number of anilines is 1. The summed E-state index contributed by atoms with van der Waals surface area (Å²) in [6.07, 6.45) is 4.43. The zero-order valence-corrected chi connectivity index (χ0v) is 14.8. The Bertz CT molecular complexity index is 690. The monoisotopic (exact) mass is 328 g/mol. The highest BCUT2D eigenvalue weighted by Crippen LogP contribution is 2.50. The Balaban J connectivity index is 1.78. The highest BCUT2D eigenvalue weighted by atomic mass is 32.1. The number of hydrogen-bond acceptors (Lipinski definition) is 4. The van der Waals surface area contributed by atoms with Crippen LogP contribution in [0.2, 0.25) is 0 Å². The molecule has 1 aromatic heterocycles. The average molecular weight is 328 g/mol. The molecule has 2 aliphatic rings. The number of hydrogen-bond donors (Lipinski definition) is 1. The van der Waals surface area contributed by atoms with Gasteiger partial charge in [0.05, 0.1) is 12.1 Å². The lowest BCUT2D eigenvalue weighted by Gasteiger charge is -2.43. The molecule has 122 valence electrons. The fourth-order valence-electron chi connectivity index (χ4n) is 3.77. The molecule has 3 atom stereocenters. The summed E-state index contributed by atoms with van der Waals surface area (Å²) < 4.78 is 6.24. The first-order chi connectivity index (χ1) is 11.0. The van der Waals surface area contributed by atoms with Crippen LogP contribution in [0.4, 0.5) is 5.69 Å².